The molecule has 3 aromatic rings. The number of nitrogens with zero attached hydrogens (tertiary/aromatic N) is 4. The van der Waals surface area contributed by atoms with E-state index in [4.69, 9.17) is 21.1 Å². The number of aliphatic hydroxyl groups excluding tert-OH is 1. The Kier molecular flexibility index (Phi) is 12.0. The minimum atomic E-state index is -0.531. The summed E-state index contributed by atoms with van der Waals surface area (Å²) in [5.41, 5.74) is 3.33. The molecule has 242 valence electrons. The highest BCUT2D eigenvalue weighted by molar-refractivity contribution is 6.34. The second-order valence-electron chi connectivity index (χ2n) is 11.2. The summed E-state index contributed by atoms with van der Waals surface area (Å²) < 4.78 is 12.2. The van der Waals surface area contributed by atoms with Crippen molar-refractivity contribution in [1.82, 2.24) is 19.6 Å². The van der Waals surface area contributed by atoms with Gasteiger partial charge in [-0.05, 0) is 62.4 Å². The number of halogens is 1. The predicted molar refractivity (Wildman–Crippen MR) is 172 cm³/mol. The number of benzene rings is 2. The van der Waals surface area contributed by atoms with Crippen molar-refractivity contribution in [3.8, 4) is 11.4 Å². The Bertz CT molecular complexity index is 1500. The molecule has 1 N–H and O–H groups in total. The lowest BCUT2D eigenvalue weighted by Crippen LogP contribution is -2.46. The average molecular weight is 639 g/mol. The van der Waals surface area contributed by atoms with E-state index in [0.29, 0.717) is 37.4 Å². The molecule has 0 saturated carbocycles. The number of carbonyl (C=O) groups excluding carboxylic acids is 3. The highest BCUT2D eigenvalue weighted by atomic mass is 35.5. The van der Waals surface area contributed by atoms with E-state index >= 15 is 0 Å². The Labute approximate surface area is 269 Å². The first-order chi connectivity index (χ1) is 21.7. The number of unbranched alkanes of at least 4 members (excludes halogenated alkanes) is 2. The van der Waals surface area contributed by atoms with Crippen molar-refractivity contribution in [2.45, 2.75) is 72.4 Å². The van der Waals surface area contributed by atoms with Gasteiger partial charge < -0.3 is 24.4 Å². The van der Waals surface area contributed by atoms with Crippen LogP contribution in [0.1, 0.15) is 84.1 Å². The van der Waals surface area contributed by atoms with Crippen LogP contribution in [0.25, 0.3) is 5.69 Å². The quantitative estimate of drug-likeness (QED) is 0.236. The number of amides is 2. The van der Waals surface area contributed by atoms with Crippen molar-refractivity contribution in [3.63, 3.8) is 0 Å². The van der Waals surface area contributed by atoms with Gasteiger partial charge in [-0.15, -0.1) is 0 Å². The van der Waals surface area contributed by atoms with Gasteiger partial charge in [-0.2, -0.15) is 5.10 Å². The van der Waals surface area contributed by atoms with Crippen LogP contribution in [0.3, 0.4) is 0 Å². The molecule has 0 spiro atoms. The van der Waals surface area contributed by atoms with Gasteiger partial charge in [0.1, 0.15) is 5.75 Å². The maximum absolute atomic E-state index is 14.4. The van der Waals surface area contributed by atoms with E-state index < -0.39 is 12.0 Å². The molecule has 2 amide bonds. The summed E-state index contributed by atoms with van der Waals surface area (Å²) in [7, 11) is 0. The maximum Gasteiger partial charge on any atom is 0.344 e. The Balaban J connectivity index is 1.76. The number of aromatic nitrogens is 2. The van der Waals surface area contributed by atoms with Crippen molar-refractivity contribution in [3.05, 3.63) is 75.6 Å². The Morgan fingerprint density at radius 2 is 1.73 bits per heavy atom. The van der Waals surface area contributed by atoms with Crippen molar-refractivity contribution in [2.75, 3.05) is 32.9 Å². The number of ether oxygens (including phenoxy) is 2. The summed E-state index contributed by atoms with van der Waals surface area (Å²) in [6.45, 7) is 8.81. The van der Waals surface area contributed by atoms with Gasteiger partial charge in [0.05, 0.1) is 41.2 Å². The molecule has 1 aliphatic rings. The Hall–Kier alpha value is -3.89. The number of esters is 1. The molecule has 1 aliphatic heterocycles. The molecular weight excluding hydrogens is 596 g/mol. The van der Waals surface area contributed by atoms with Gasteiger partial charge in [0, 0.05) is 19.6 Å². The minimum Gasteiger partial charge on any atom is -0.482 e. The molecular formula is C34H43ClN4O6. The van der Waals surface area contributed by atoms with E-state index in [9.17, 15) is 19.5 Å². The van der Waals surface area contributed by atoms with Crippen molar-refractivity contribution < 1.29 is 29.0 Å². The lowest BCUT2D eigenvalue weighted by atomic mass is 9.93. The maximum atomic E-state index is 14.4. The number of hydrogen-bond acceptors (Lipinski definition) is 7. The lowest BCUT2D eigenvalue weighted by Gasteiger charge is -2.36. The number of hydrogen-bond donors (Lipinski definition) is 1. The highest BCUT2D eigenvalue weighted by Crippen LogP contribution is 2.31. The van der Waals surface area contributed by atoms with Crippen LogP contribution in [0.15, 0.2) is 42.5 Å². The van der Waals surface area contributed by atoms with Gasteiger partial charge in [-0.1, -0.05) is 62.6 Å². The topological polar surface area (TPSA) is 114 Å². The lowest BCUT2D eigenvalue weighted by molar-refractivity contribution is -0.145. The molecule has 1 atom stereocenters. The van der Waals surface area contributed by atoms with Crippen LogP contribution in [0.4, 0.5) is 0 Å². The summed E-state index contributed by atoms with van der Waals surface area (Å²) in [5, 5.41) is 15.2. The molecule has 1 unspecified atom stereocenters. The van der Waals surface area contributed by atoms with Crippen LogP contribution in [0.5, 0.6) is 5.75 Å². The van der Waals surface area contributed by atoms with Crippen LogP contribution in [-0.4, -0.2) is 81.4 Å². The van der Waals surface area contributed by atoms with E-state index in [1.54, 1.807) is 41.8 Å². The highest BCUT2D eigenvalue weighted by Gasteiger charge is 2.33. The predicted octanol–water partition coefficient (Wildman–Crippen LogP) is 5.38. The molecule has 10 nitrogen and oxygen atoms in total. The molecule has 0 aliphatic carbocycles. The largest absolute Gasteiger partial charge is 0.482 e. The number of rotatable bonds is 14. The zero-order chi connectivity index (χ0) is 32.5. The molecule has 0 bridgehead atoms. The third-order valence-corrected chi connectivity index (χ3v) is 8.46. The third-order valence-electron chi connectivity index (χ3n) is 8.01. The van der Waals surface area contributed by atoms with Crippen LogP contribution in [0.2, 0.25) is 5.02 Å². The standard InChI is InChI=1S/C34H43ClN4O6/c1-5-8-16-37(17-9-6-2)34(43)32-31(35)23(4)39(36-32)29-15-14-27(45-22-30(41)44-7-3)19-28(29)33(42)38-20-25-13-11-10-12-24(25)18-26(38)21-40/h10-15,19,26,40H,5-9,16-18,20-22H2,1-4H3. The molecule has 4 rings (SSSR count). The summed E-state index contributed by atoms with van der Waals surface area (Å²) >= 11 is 6.76. The molecule has 0 fully saturated rings. The van der Waals surface area contributed by atoms with E-state index in [0.717, 1.165) is 36.8 Å². The summed E-state index contributed by atoms with van der Waals surface area (Å²) in [6, 6.07) is 12.2. The molecule has 2 heterocycles. The van der Waals surface area contributed by atoms with E-state index in [1.165, 1.54) is 4.68 Å². The smallest absolute Gasteiger partial charge is 0.344 e. The summed E-state index contributed by atoms with van der Waals surface area (Å²) in [6.07, 6.45) is 4.13. The number of carbonyl (C=O) groups is 3. The van der Waals surface area contributed by atoms with Crippen molar-refractivity contribution >= 4 is 29.4 Å². The monoisotopic (exact) mass is 638 g/mol. The second kappa shape index (κ2) is 15.9. The molecule has 45 heavy (non-hydrogen) atoms. The van der Waals surface area contributed by atoms with Gasteiger partial charge >= 0.3 is 5.97 Å². The fraction of sp³-hybridized carbons (Fsp3) is 0.471. The second-order valence-corrected chi connectivity index (χ2v) is 11.6. The fourth-order valence-electron chi connectivity index (χ4n) is 5.47. The van der Waals surface area contributed by atoms with Crippen LogP contribution < -0.4 is 4.74 Å². The Morgan fingerprint density at radius 1 is 1.04 bits per heavy atom. The van der Waals surface area contributed by atoms with Gasteiger partial charge in [-0.25, -0.2) is 9.48 Å². The molecule has 1 aromatic heterocycles. The van der Waals surface area contributed by atoms with E-state index in [1.807, 2.05) is 24.3 Å². The molecule has 11 heteroatoms. The van der Waals surface area contributed by atoms with Crippen molar-refractivity contribution in [1.29, 1.82) is 0 Å². The molecule has 0 saturated heterocycles. The third kappa shape index (κ3) is 7.86. The number of aliphatic hydroxyl groups is 1. The zero-order valence-corrected chi connectivity index (χ0v) is 27.3. The first kappa shape index (κ1) is 34.0. The Morgan fingerprint density at radius 3 is 2.38 bits per heavy atom. The molecule has 0 radical (unpaired) electrons. The van der Waals surface area contributed by atoms with Gasteiger partial charge in [0.2, 0.25) is 0 Å². The van der Waals surface area contributed by atoms with Crippen LogP contribution in [-0.2, 0) is 22.5 Å². The van der Waals surface area contributed by atoms with Gasteiger partial charge in [0.15, 0.2) is 12.3 Å². The zero-order valence-electron chi connectivity index (χ0n) is 26.6. The SMILES string of the molecule is CCCCN(CCCC)C(=O)c1nn(-c2ccc(OCC(=O)OCC)cc2C(=O)N2Cc3ccccc3CC2CO)c(C)c1Cl. The minimum absolute atomic E-state index is 0.127. The summed E-state index contributed by atoms with van der Waals surface area (Å²) in [5.74, 6) is -0.854. The fourth-order valence-corrected chi connectivity index (χ4v) is 5.66. The normalized spacial score (nSPS) is 14.2. The van der Waals surface area contributed by atoms with Crippen molar-refractivity contribution in [2.24, 2.45) is 0 Å². The first-order valence-corrected chi connectivity index (χ1v) is 16.1. The van der Waals surface area contributed by atoms with Crippen LogP contribution >= 0.6 is 11.6 Å². The first-order valence-electron chi connectivity index (χ1n) is 15.7. The number of fused-ring (bicyclic) bond motifs is 1. The van der Waals surface area contributed by atoms with Gasteiger partial charge in [-0.3, -0.25) is 9.59 Å². The van der Waals surface area contributed by atoms with E-state index in [-0.39, 0.29) is 53.7 Å². The van der Waals surface area contributed by atoms with Crippen LogP contribution in [0, 0.1) is 6.92 Å². The van der Waals surface area contributed by atoms with Gasteiger partial charge in [0.25, 0.3) is 11.8 Å². The summed E-state index contributed by atoms with van der Waals surface area (Å²) in [4.78, 5) is 43.5. The van der Waals surface area contributed by atoms with E-state index in [2.05, 4.69) is 18.9 Å². The average Bonchev–Trinajstić information content (AvgIpc) is 3.35. The molecule has 2 aromatic carbocycles.